The molecule has 2 aliphatic rings. The number of para-hydroxylation sites is 1. The number of hydrogen-bond donors (Lipinski definition) is 2. The van der Waals surface area contributed by atoms with E-state index in [0.717, 1.165) is 34.2 Å². The molecule has 8 nitrogen and oxygen atoms in total. The van der Waals surface area contributed by atoms with Crippen molar-refractivity contribution in [2.45, 2.75) is 29.3 Å². The second kappa shape index (κ2) is 9.25. The topological polar surface area (TPSA) is 94.7 Å². The van der Waals surface area contributed by atoms with Gasteiger partial charge in [-0.15, -0.1) is 0 Å². The number of nitrogens with zero attached hydrogens (tertiary/aromatic N) is 2. The molecule has 12 heteroatoms. The number of aromatic nitrogens is 1. The molecular formula is C25H27F3N4O4S. The number of piperazine rings is 1. The van der Waals surface area contributed by atoms with Crippen molar-refractivity contribution < 1.29 is 31.1 Å². The number of hydrogen-bond acceptors (Lipinski definition) is 5. The second-order valence-corrected chi connectivity index (χ2v) is 11.2. The summed E-state index contributed by atoms with van der Waals surface area (Å²) in [6, 6.07) is 12.3. The fraction of sp³-hybridized carbons (Fsp3) is 0.400. The number of alkyl halides is 3. The minimum atomic E-state index is -4.93. The maximum Gasteiger partial charge on any atom is 0.471 e. The van der Waals surface area contributed by atoms with Gasteiger partial charge in [-0.05, 0) is 42.7 Å². The zero-order chi connectivity index (χ0) is 26.4. The Morgan fingerprint density at radius 1 is 1.11 bits per heavy atom. The molecule has 1 amide bonds. The molecule has 1 saturated carbocycles. The van der Waals surface area contributed by atoms with Gasteiger partial charge >= 0.3 is 12.1 Å². The minimum Gasteiger partial charge on any atom is -0.495 e. The Bertz CT molecular complexity index is 1430. The van der Waals surface area contributed by atoms with Crippen molar-refractivity contribution in [3.05, 3.63) is 54.2 Å². The standard InChI is InChI=1S/C25H27F3N4O4S/c1-36-22-7-6-17(14-21(22)31-10-12-32(13-11-31)23(33)25(26,27)28)37(34,35)30-16-24(8-9-24)19-15-29-20-5-3-2-4-18(19)20/h2-7,14-15,29-30H,8-13,16H2,1H3. The van der Waals surface area contributed by atoms with Crippen molar-refractivity contribution in [1.82, 2.24) is 14.6 Å². The number of sulfonamides is 1. The van der Waals surface area contributed by atoms with E-state index in [4.69, 9.17) is 4.74 Å². The van der Waals surface area contributed by atoms with E-state index in [9.17, 15) is 26.4 Å². The number of rotatable bonds is 7. The van der Waals surface area contributed by atoms with Gasteiger partial charge < -0.3 is 19.5 Å². The van der Waals surface area contributed by atoms with Gasteiger partial charge in [0.05, 0.1) is 17.7 Å². The third-order valence-corrected chi connectivity index (χ3v) is 8.62. The van der Waals surface area contributed by atoms with Gasteiger partial charge in [-0.1, -0.05) is 18.2 Å². The lowest BCUT2D eigenvalue weighted by Gasteiger charge is -2.36. The molecule has 5 rings (SSSR count). The van der Waals surface area contributed by atoms with Crippen LogP contribution < -0.4 is 14.4 Å². The van der Waals surface area contributed by atoms with E-state index in [1.54, 1.807) is 4.90 Å². The molecule has 1 aliphatic heterocycles. The molecule has 0 spiro atoms. The van der Waals surface area contributed by atoms with Gasteiger partial charge in [0.15, 0.2) is 0 Å². The van der Waals surface area contributed by atoms with E-state index >= 15 is 0 Å². The average molecular weight is 537 g/mol. The molecule has 0 atom stereocenters. The summed E-state index contributed by atoms with van der Waals surface area (Å²) in [5, 5.41) is 1.08. The van der Waals surface area contributed by atoms with Gasteiger partial charge in [-0.25, -0.2) is 13.1 Å². The van der Waals surface area contributed by atoms with Crippen molar-refractivity contribution in [1.29, 1.82) is 0 Å². The van der Waals surface area contributed by atoms with Crippen LogP contribution in [0.5, 0.6) is 5.75 Å². The number of halogens is 3. The van der Waals surface area contributed by atoms with Crippen LogP contribution in [-0.4, -0.2) is 70.2 Å². The minimum absolute atomic E-state index is 0.0341. The highest BCUT2D eigenvalue weighted by Gasteiger charge is 2.46. The lowest BCUT2D eigenvalue weighted by atomic mass is 9.96. The molecule has 2 aromatic carbocycles. The fourth-order valence-corrected chi connectivity index (χ4v) is 6.08. The number of carbonyl (C=O) groups is 1. The first-order valence-corrected chi connectivity index (χ1v) is 13.4. The van der Waals surface area contributed by atoms with Gasteiger partial charge in [0.2, 0.25) is 10.0 Å². The van der Waals surface area contributed by atoms with Crippen LogP contribution in [0.15, 0.2) is 53.6 Å². The first-order valence-electron chi connectivity index (χ1n) is 11.9. The summed E-state index contributed by atoms with van der Waals surface area (Å²) in [6.07, 6.45) is -1.25. The van der Waals surface area contributed by atoms with Crippen molar-refractivity contribution in [2.24, 2.45) is 0 Å². The molecular weight excluding hydrogens is 509 g/mol. The number of carbonyl (C=O) groups excluding carboxylic acids is 1. The number of amides is 1. The monoisotopic (exact) mass is 536 g/mol. The van der Waals surface area contributed by atoms with Crippen molar-refractivity contribution in [2.75, 3.05) is 44.7 Å². The summed E-state index contributed by atoms with van der Waals surface area (Å²) in [6.45, 7) is 0.197. The predicted molar refractivity (Wildman–Crippen MR) is 132 cm³/mol. The Morgan fingerprint density at radius 2 is 1.81 bits per heavy atom. The number of ether oxygens (including phenoxy) is 1. The normalized spacial score (nSPS) is 17.7. The van der Waals surface area contributed by atoms with Gasteiger partial charge in [0, 0.05) is 55.2 Å². The summed E-state index contributed by atoms with van der Waals surface area (Å²) in [7, 11) is -2.45. The summed E-state index contributed by atoms with van der Waals surface area (Å²) in [4.78, 5) is 17.3. The molecule has 1 saturated heterocycles. The smallest absolute Gasteiger partial charge is 0.471 e. The third kappa shape index (κ3) is 4.87. The second-order valence-electron chi connectivity index (χ2n) is 9.46. The number of aromatic amines is 1. The molecule has 37 heavy (non-hydrogen) atoms. The maximum atomic E-state index is 13.3. The number of H-pyrrole nitrogens is 1. The number of methoxy groups -OCH3 is 1. The lowest BCUT2D eigenvalue weighted by molar-refractivity contribution is -0.185. The molecule has 0 radical (unpaired) electrons. The van der Waals surface area contributed by atoms with E-state index in [1.807, 2.05) is 30.5 Å². The molecule has 2 fully saturated rings. The average Bonchev–Trinajstić information content (AvgIpc) is 3.56. The molecule has 3 aromatic rings. The Morgan fingerprint density at radius 3 is 2.46 bits per heavy atom. The van der Waals surface area contributed by atoms with Crippen LogP contribution in [0, 0.1) is 0 Å². The highest BCUT2D eigenvalue weighted by molar-refractivity contribution is 7.89. The lowest BCUT2D eigenvalue weighted by Crippen LogP contribution is -2.52. The molecule has 0 bridgehead atoms. The molecule has 1 aromatic heterocycles. The van der Waals surface area contributed by atoms with Crippen LogP contribution in [0.2, 0.25) is 0 Å². The maximum absolute atomic E-state index is 13.3. The van der Waals surface area contributed by atoms with Gasteiger partial charge in [-0.3, -0.25) is 4.79 Å². The first kappa shape index (κ1) is 25.4. The van der Waals surface area contributed by atoms with Crippen LogP contribution in [0.25, 0.3) is 10.9 Å². The van der Waals surface area contributed by atoms with Crippen molar-refractivity contribution in [3.8, 4) is 5.75 Å². The molecule has 2 N–H and O–H groups in total. The van der Waals surface area contributed by atoms with Crippen LogP contribution in [0.4, 0.5) is 18.9 Å². The Labute approximate surface area is 212 Å². The van der Waals surface area contributed by atoms with Crippen LogP contribution in [0.3, 0.4) is 0 Å². The highest BCUT2D eigenvalue weighted by atomic mass is 32.2. The highest BCUT2D eigenvalue weighted by Crippen LogP contribution is 2.50. The molecule has 198 valence electrons. The van der Waals surface area contributed by atoms with Gasteiger partial charge in [-0.2, -0.15) is 13.2 Å². The number of benzene rings is 2. The predicted octanol–water partition coefficient (Wildman–Crippen LogP) is 3.40. The molecule has 0 unspecified atom stereocenters. The zero-order valence-electron chi connectivity index (χ0n) is 20.1. The largest absolute Gasteiger partial charge is 0.495 e. The quantitative estimate of drug-likeness (QED) is 0.483. The Kier molecular flexibility index (Phi) is 6.35. The van der Waals surface area contributed by atoms with Crippen LogP contribution in [0.1, 0.15) is 18.4 Å². The van der Waals surface area contributed by atoms with E-state index < -0.39 is 22.1 Å². The Hall–Kier alpha value is -3.25. The van der Waals surface area contributed by atoms with Gasteiger partial charge in [0.1, 0.15) is 5.75 Å². The Balaban J connectivity index is 1.32. The number of anilines is 1. The number of fused-ring (bicyclic) bond motifs is 1. The van der Waals surface area contributed by atoms with E-state index in [0.29, 0.717) is 11.4 Å². The molecule has 1 aliphatic carbocycles. The zero-order valence-corrected chi connectivity index (χ0v) is 21.0. The van der Waals surface area contributed by atoms with E-state index in [1.165, 1.54) is 25.3 Å². The summed E-state index contributed by atoms with van der Waals surface area (Å²) < 4.78 is 73.0. The van der Waals surface area contributed by atoms with Gasteiger partial charge in [0.25, 0.3) is 0 Å². The summed E-state index contributed by atoms with van der Waals surface area (Å²) >= 11 is 0. The van der Waals surface area contributed by atoms with Crippen LogP contribution >= 0.6 is 0 Å². The van der Waals surface area contributed by atoms with Crippen molar-refractivity contribution in [3.63, 3.8) is 0 Å². The number of nitrogens with one attached hydrogen (secondary N) is 2. The van der Waals surface area contributed by atoms with E-state index in [2.05, 4.69) is 9.71 Å². The molecule has 2 heterocycles. The third-order valence-electron chi connectivity index (χ3n) is 7.23. The van der Waals surface area contributed by atoms with Crippen LogP contribution in [-0.2, 0) is 20.2 Å². The fourth-order valence-electron chi connectivity index (χ4n) is 4.93. The first-order chi connectivity index (χ1) is 17.5. The van der Waals surface area contributed by atoms with E-state index in [-0.39, 0.29) is 43.0 Å². The van der Waals surface area contributed by atoms with Crippen molar-refractivity contribution >= 4 is 32.5 Å². The summed E-state index contributed by atoms with van der Waals surface area (Å²) in [5.74, 6) is -1.48. The summed E-state index contributed by atoms with van der Waals surface area (Å²) in [5.41, 5.74) is 2.27. The SMILES string of the molecule is COc1ccc(S(=O)(=O)NCC2(c3c[nH]c4ccccc34)CC2)cc1N1CCN(C(=O)C(F)(F)F)CC1.